The second-order valence-electron chi connectivity index (χ2n) is 4.85. The summed E-state index contributed by atoms with van der Waals surface area (Å²) < 4.78 is 0.985. The van der Waals surface area contributed by atoms with Crippen LogP contribution in [0.1, 0.15) is 13.3 Å². The van der Waals surface area contributed by atoms with Gasteiger partial charge in [-0.15, -0.1) is 0 Å². The summed E-state index contributed by atoms with van der Waals surface area (Å²) in [5, 5.41) is 12.0. The number of nitrogens with zero attached hydrogens (tertiary/aromatic N) is 2. The van der Waals surface area contributed by atoms with Crippen LogP contribution in [0.4, 0.5) is 5.69 Å². The van der Waals surface area contributed by atoms with Gasteiger partial charge in [0.05, 0.1) is 12.5 Å². The summed E-state index contributed by atoms with van der Waals surface area (Å²) in [6, 6.07) is 9.35. The van der Waals surface area contributed by atoms with Crippen molar-refractivity contribution in [2.45, 2.75) is 19.4 Å². The fraction of sp³-hybridized carbons (Fsp3) is 0.429. The van der Waals surface area contributed by atoms with Gasteiger partial charge in [-0.1, -0.05) is 22.9 Å². The predicted octanol–water partition coefficient (Wildman–Crippen LogP) is 2.30. The van der Waals surface area contributed by atoms with Crippen molar-refractivity contribution >= 4 is 27.5 Å². The average molecular weight is 322 g/mol. The smallest absolute Gasteiger partial charge is 0.245 e. The van der Waals surface area contributed by atoms with E-state index in [0.29, 0.717) is 12.5 Å². The summed E-state index contributed by atoms with van der Waals surface area (Å²) in [6.07, 6.45) is 0.207. The lowest BCUT2D eigenvalue weighted by Crippen LogP contribution is -2.43. The minimum absolute atomic E-state index is 0.0202. The maximum absolute atomic E-state index is 12.5. The molecule has 19 heavy (non-hydrogen) atoms. The van der Waals surface area contributed by atoms with Gasteiger partial charge in [-0.25, -0.2) is 0 Å². The highest BCUT2D eigenvalue weighted by atomic mass is 79.9. The summed E-state index contributed by atoms with van der Waals surface area (Å²) in [6.45, 7) is 3.53. The molecule has 1 fully saturated rings. The molecule has 1 saturated heterocycles. The van der Waals surface area contributed by atoms with Crippen molar-refractivity contribution in [2.24, 2.45) is 5.92 Å². The first kappa shape index (κ1) is 14.0. The lowest BCUT2D eigenvalue weighted by atomic mass is 10.1. The summed E-state index contributed by atoms with van der Waals surface area (Å²) in [7, 11) is 0. The zero-order chi connectivity index (χ0) is 13.8. The zero-order valence-corrected chi connectivity index (χ0v) is 12.4. The topological polar surface area (TPSA) is 56.1 Å². The molecule has 4 nitrogen and oxygen atoms in total. The molecule has 1 aliphatic heterocycles. The molecule has 0 aromatic heterocycles. The summed E-state index contributed by atoms with van der Waals surface area (Å²) in [5.74, 6) is 0.338. The van der Waals surface area contributed by atoms with Gasteiger partial charge in [0, 0.05) is 23.2 Å². The third kappa shape index (κ3) is 3.34. The molecule has 1 aromatic carbocycles. The number of hydrogen-bond donors (Lipinski definition) is 1. The first-order valence-electron chi connectivity index (χ1n) is 6.29. The molecule has 5 heteroatoms. The van der Waals surface area contributed by atoms with E-state index in [1.165, 1.54) is 0 Å². The lowest BCUT2D eigenvalue weighted by molar-refractivity contribution is -0.120. The lowest BCUT2D eigenvalue weighted by Gasteiger charge is -2.24. The van der Waals surface area contributed by atoms with Crippen LogP contribution in [0.3, 0.4) is 0 Å². The fourth-order valence-electron chi connectivity index (χ4n) is 2.19. The number of rotatable bonds is 2. The Morgan fingerprint density at radius 1 is 1.47 bits per heavy atom. The van der Waals surface area contributed by atoms with Crippen LogP contribution >= 0.6 is 15.9 Å². The van der Waals surface area contributed by atoms with Crippen LogP contribution in [0.2, 0.25) is 0 Å². The molecule has 2 rings (SSSR count). The van der Waals surface area contributed by atoms with Crippen LogP contribution in [0.15, 0.2) is 28.7 Å². The van der Waals surface area contributed by atoms with Crippen molar-refractivity contribution in [2.75, 3.05) is 18.0 Å². The van der Waals surface area contributed by atoms with Crippen LogP contribution < -0.4 is 10.2 Å². The monoisotopic (exact) mass is 321 g/mol. The summed E-state index contributed by atoms with van der Waals surface area (Å²) >= 11 is 3.39. The SMILES string of the molecule is CC1CNC(CC#N)C(=O)N(c2ccc(Br)cc2)C1. The quantitative estimate of drug-likeness (QED) is 0.909. The number of anilines is 1. The predicted molar refractivity (Wildman–Crippen MR) is 77.7 cm³/mol. The Morgan fingerprint density at radius 3 is 2.79 bits per heavy atom. The van der Waals surface area contributed by atoms with E-state index in [9.17, 15) is 4.79 Å². The maximum Gasteiger partial charge on any atom is 0.245 e. The number of nitriles is 1. The molecule has 1 aliphatic rings. The normalized spacial score (nSPS) is 23.8. The van der Waals surface area contributed by atoms with Crippen LogP contribution in [-0.4, -0.2) is 25.0 Å². The van der Waals surface area contributed by atoms with E-state index in [1.807, 2.05) is 24.3 Å². The Hall–Kier alpha value is -1.38. The van der Waals surface area contributed by atoms with Crippen LogP contribution in [-0.2, 0) is 4.79 Å². The van der Waals surface area contributed by atoms with Gasteiger partial charge in [0.15, 0.2) is 0 Å². The van der Waals surface area contributed by atoms with E-state index < -0.39 is 6.04 Å². The van der Waals surface area contributed by atoms with Crippen molar-refractivity contribution < 1.29 is 4.79 Å². The molecule has 0 aliphatic carbocycles. The van der Waals surface area contributed by atoms with Crippen LogP contribution in [0, 0.1) is 17.2 Å². The van der Waals surface area contributed by atoms with Gasteiger partial charge in [-0.05, 0) is 30.2 Å². The average Bonchev–Trinajstić information content (AvgIpc) is 2.53. The molecular formula is C14H16BrN3O. The van der Waals surface area contributed by atoms with Gasteiger partial charge in [-0.2, -0.15) is 5.26 Å². The minimum Gasteiger partial charge on any atom is -0.311 e. The van der Waals surface area contributed by atoms with Crippen molar-refractivity contribution in [3.63, 3.8) is 0 Å². The molecular weight excluding hydrogens is 306 g/mol. The van der Waals surface area contributed by atoms with Gasteiger partial charge in [0.2, 0.25) is 5.91 Å². The summed E-state index contributed by atoms with van der Waals surface area (Å²) in [4.78, 5) is 14.2. The molecule has 100 valence electrons. The first-order chi connectivity index (χ1) is 9.11. The highest BCUT2D eigenvalue weighted by molar-refractivity contribution is 9.10. The van der Waals surface area contributed by atoms with E-state index in [2.05, 4.69) is 34.2 Å². The molecule has 1 aromatic rings. The first-order valence-corrected chi connectivity index (χ1v) is 7.08. The van der Waals surface area contributed by atoms with E-state index in [4.69, 9.17) is 5.26 Å². The number of halogens is 1. The molecule has 2 atom stereocenters. The summed E-state index contributed by atoms with van der Waals surface area (Å²) in [5.41, 5.74) is 0.881. The number of amides is 1. The Bertz CT molecular complexity index is 494. The fourth-order valence-corrected chi connectivity index (χ4v) is 2.45. The molecule has 0 bridgehead atoms. The third-order valence-electron chi connectivity index (χ3n) is 3.20. The molecule has 0 radical (unpaired) electrons. The molecule has 0 saturated carbocycles. The third-order valence-corrected chi connectivity index (χ3v) is 3.73. The Kier molecular flexibility index (Phi) is 4.56. The van der Waals surface area contributed by atoms with Gasteiger partial charge < -0.3 is 10.2 Å². The number of benzene rings is 1. The Labute approximate surface area is 121 Å². The minimum atomic E-state index is -0.404. The van der Waals surface area contributed by atoms with E-state index in [0.717, 1.165) is 16.7 Å². The highest BCUT2D eigenvalue weighted by Crippen LogP contribution is 2.22. The number of hydrogen-bond acceptors (Lipinski definition) is 3. The van der Waals surface area contributed by atoms with Crippen LogP contribution in [0.5, 0.6) is 0 Å². The number of nitrogens with one attached hydrogen (secondary N) is 1. The number of carbonyl (C=O) groups is 1. The van der Waals surface area contributed by atoms with E-state index in [1.54, 1.807) is 4.90 Å². The van der Waals surface area contributed by atoms with E-state index >= 15 is 0 Å². The van der Waals surface area contributed by atoms with Gasteiger partial charge in [0.1, 0.15) is 6.04 Å². The van der Waals surface area contributed by atoms with Crippen molar-refractivity contribution in [1.29, 1.82) is 5.26 Å². The molecule has 1 N–H and O–H groups in total. The van der Waals surface area contributed by atoms with Crippen LogP contribution in [0.25, 0.3) is 0 Å². The van der Waals surface area contributed by atoms with Crippen molar-refractivity contribution in [3.8, 4) is 6.07 Å². The Morgan fingerprint density at radius 2 is 2.16 bits per heavy atom. The molecule has 1 amide bonds. The highest BCUT2D eigenvalue weighted by Gasteiger charge is 2.29. The Balaban J connectivity index is 2.27. The maximum atomic E-state index is 12.5. The second kappa shape index (κ2) is 6.18. The standard InChI is InChI=1S/C14H16BrN3O/c1-10-8-17-13(6-7-16)14(19)18(9-10)12-4-2-11(15)3-5-12/h2-5,10,13,17H,6,8-9H2,1H3. The molecule has 2 unspecified atom stereocenters. The molecule has 1 heterocycles. The zero-order valence-electron chi connectivity index (χ0n) is 10.8. The number of carbonyl (C=O) groups excluding carboxylic acids is 1. The van der Waals surface area contributed by atoms with Crippen molar-refractivity contribution in [3.05, 3.63) is 28.7 Å². The second-order valence-corrected chi connectivity index (χ2v) is 5.77. The molecule has 0 spiro atoms. The van der Waals surface area contributed by atoms with Gasteiger partial charge >= 0.3 is 0 Å². The largest absolute Gasteiger partial charge is 0.311 e. The van der Waals surface area contributed by atoms with Gasteiger partial charge in [0.25, 0.3) is 0 Å². The van der Waals surface area contributed by atoms with E-state index in [-0.39, 0.29) is 12.3 Å². The van der Waals surface area contributed by atoms with Crippen molar-refractivity contribution in [1.82, 2.24) is 5.32 Å². The van der Waals surface area contributed by atoms with Gasteiger partial charge in [-0.3, -0.25) is 4.79 Å².